The van der Waals surface area contributed by atoms with Gasteiger partial charge in [0, 0.05) is 25.8 Å². The van der Waals surface area contributed by atoms with Crippen LogP contribution in [0, 0.1) is 0 Å². The van der Waals surface area contributed by atoms with Crippen LogP contribution in [0.15, 0.2) is 34.3 Å². The Kier molecular flexibility index (Phi) is 8.20. The fourth-order valence-corrected chi connectivity index (χ4v) is 5.18. The molecule has 9 nitrogen and oxygen atoms in total. The molecule has 0 radical (unpaired) electrons. The Balaban J connectivity index is 2.53. The first-order valence-corrected chi connectivity index (χ1v) is 11.6. The predicted octanol–water partition coefficient (Wildman–Crippen LogP) is 2.36. The summed E-state index contributed by atoms with van der Waals surface area (Å²) in [6.07, 6.45) is 0. The molecule has 0 amide bonds. The third-order valence-corrected chi connectivity index (χ3v) is 7.25. The van der Waals surface area contributed by atoms with Crippen molar-refractivity contribution < 1.29 is 23.1 Å². The van der Waals surface area contributed by atoms with Gasteiger partial charge >= 0.3 is 5.97 Å². The van der Waals surface area contributed by atoms with Gasteiger partial charge in [-0.15, -0.1) is 10.2 Å². The van der Waals surface area contributed by atoms with Gasteiger partial charge in [0.15, 0.2) is 11.0 Å². The van der Waals surface area contributed by atoms with Crippen LogP contribution in [0.5, 0.6) is 0 Å². The van der Waals surface area contributed by atoms with Crippen LogP contribution in [0.3, 0.4) is 0 Å². The highest BCUT2D eigenvalue weighted by Gasteiger charge is 2.24. The van der Waals surface area contributed by atoms with Gasteiger partial charge in [0.1, 0.15) is 0 Å². The predicted molar refractivity (Wildman–Crippen MR) is 111 cm³/mol. The summed E-state index contributed by atoms with van der Waals surface area (Å²) in [5.41, 5.74) is 0.579. The average molecular weight is 443 g/mol. The summed E-state index contributed by atoms with van der Waals surface area (Å²) >= 11 is 1.05. The minimum Gasteiger partial charge on any atom is -0.481 e. The van der Waals surface area contributed by atoms with Crippen LogP contribution in [0.1, 0.15) is 26.8 Å². The van der Waals surface area contributed by atoms with Crippen LogP contribution < -0.4 is 0 Å². The zero-order valence-electron chi connectivity index (χ0n) is 16.9. The van der Waals surface area contributed by atoms with Crippen LogP contribution in [-0.4, -0.2) is 71.1 Å². The number of hydrogen-bond donors (Lipinski definition) is 1. The Morgan fingerprint density at radius 2 is 2.00 bits per heavy atom. The van der Waals surface area contributed by atoms with E-state index in [2.05, 4.69) is 10.2 Å². The van der Waals surface area contributed by atoms with E-state index in [0.717, 1.165) is 11.8 Å². The molecule has 0 spiro atoms. The number of thioether (sulfide) groups is 1. The van der Waals surface area contributed by atoms with Crippen molar-refractivity contribution in [2.24, 2.45) is 0 Å². The molecule has 0 saturated heterocycles. The van der Waals surface area contributed by atoms with E-state index in [1.807, 2.05) is 6.92 Å². The number of hydrogen-bond acceptors (Lipinski definition) is 7. The molecule has 1 atom stereocenters. The number of aliphatic carboxylic acids is 1. The summed E-state index contributed by atoms with van der Waals surface area (Å²) in [7, 11) is -2.05. The van der Waals surface area contributed by atoms with E-state index in [0.29, 0.717) is 36.2 Å². The standard InChI is InChI=1S/C18H26N4O5S2/c1-5-21(6-2)29(25,26)15-9-7-8-14(10-15)17-19-20-18(28-12-16(23)24)22(17)13(3)11-27-4/h7-10,13H,5-6,11-12H2,1-4H3,(H,23,24)/t13-/m0/s1. The van der Waals surface area contributed by atoms with Crippen molar-refractivity contribution in [3.63, 3.8) is 0 Å². The van der Waals surface area contributed by atoms with E-state index >= 15 is 0 Å². The molecule has 2 rings (SSSR count). The lowest BCUT2D eigenvalue weighted by molar-refractivity contribution is -0.133. The number of nitrogens with zero attached hydrogens (tertiary/aromatic N) is 4. The summed E-state index contributed by atoms with van der Waals surface area (Å²) in [6, 6.07) is 6.36. The summed E-state index contributed by atoms with van der Waals surface area (Å²) in [6.45, 7) is 6.60. The number of ether oxygens (including phenoxy) is 1. The molecule has 0 saturated carbocycles. The quantitative estimate of drug-likeness (QED) is 0.528. The number of carboxylic acid groups (broad SMARTS) is 1. The number of aromatic nitrogens is 3. The third kappa shape index (κ3) is 5.35. The van der Waals surface area contributed by atoms with E-state index in [1.165, 1.54) is 4.31 Å². The van der Waals surface area contributed by atoms with Crippen molar-refractivity contribution in [1.82, 2.24) is 19.1 Å². The van der Waals surface area contributed by atoms with Gasteiger partial charge in [0.05, 0.1) is 23.3 Å². The Hall–Kier alpha value is -1.95. The molecular weight excluding hydrogens is 416 g/mol. The Morgan fingerprint density at radius 3 is 2.59 bits per heavy atom. The number of sulfonamides is 1. The Labute approximate surface area is 175 Å². The molecule has 1 heterocycles. The summed E-state index contributed by atoms with van der Waals surface area (Å²) < 4.78 is 34.1. The minimum absolute atomic E-state index is 0.159. The minimum atomic E-state index is -3.62. The average Bonchev–Trinajstić information content (AvgIpc) is 3.11. The summed E-state index contributed by atoms with van der Waals surface area (Å²) in [4.78, 5) is 11.1. The Morgan fingerprint density at radius 1 is 1.31 bits per heavy atom. The molecule has 0 aliphatic heterocycles. The van der Waals surface area contributed by atoms with E-state index < -0.39 is 16.0 Å². The molecule has 29 heavy (non-hydrogen) atoms. The number of rotatable bonds is 11. The van der Waals surface area contributed by atoms with Crippen molar-refractivity contribution in [1.29, 1.82) is 0 Å². The van der Waals surface area contributed by atoms with Crippen molar-refractivity contribution in [3.05, 3.63) is 24.3 Å². The lowest BCUT2D eigenvalue weighted by atomic mass is 10.2. The molecule has 0 aliphatic rings. The van der Waals surface area contributed by atoms with E-state index in [9.17, 15) is 13.2 Å². The van der Waals surface area contributed by atoms with Gasteiger partial charge < -0.3 is 9.84 Å². The molecular formula is C18H26N4O5S2. The van der Waals surface area contributed by atoms with Crippen LogP contribution in [0.4, 0.5) is 0 Å². The van der Waals surface area contributed by atoms with E-state index in [-0.39, 0.29) is 16.7 Å². The molecule has 1 aromatic carbocycles. The SMILES string of the molecule is CCN(CC)S(=O)(=O)c1cccc(-c2nnc(SCC(=O)O)n2[C@@H](C)COC)c1. The summed E-state index contributed by atoms with van der Waals surface area (Å²) in [5.74, 6) is -0.661. The molecule has 11 heteroatoms. The highest BCUT2D eigenvalue weighted by molar-refractivity contribution is 7.99. The first kappa shape index (κ1) is 23.3. The fourth-order valence-electron chi connectivity index (χ4n) is 2.92. The smallest absolute Gasteiger partial charge is 0.313 e. The highest BCUT2D eigenvalue weighted by Crippen LogP contribution is 2.29. The first-order valence-electron chi connectivity index (χ1n) is 9.15. The maximum absolute atomic E-state index is 12.9. The van der Waals surface area contributed by atoms with Gasteiger partial charge in [-0.1, -0.05) is 37.7 Å². The molecule has 1 aromatic heterocycles. The second-order valence-electron chi connectivity index (χ2n) is 6.28. The lowest BCUT2D eigenvalue weighted by Gasteiger charge is -2.19. The second-order valence-corrected chi connectivity index (χ2v) is 9.16. The zero-order chi connectivity index (χ0) is 21.6. The zero-order valence-corrected chi connectivity index (χ0v) is 18.5. The van der Waals surface area contributed by atoms with Gasteiger partial charge in [0.2, 0.25) is 10.0 Å². The summed E-state index contributed by atoms with van der Waals surface area (Å²) in [5, 5.41) is 17.8. The molecule has 0 fully saturated rings. The van der Waals surface area contributed by atoms with Crippen LogP contribution in [0.25, 0.3) is 11.4 Å². The third-order valence-electron chi connectivity index (χ3n) is 4.27. The van der Waals surface area contributed by atoms with Crippen LogP contribution in [-0.2, 0) is 19.6 Å². The molecule has 2 aromatic rings. The molecule has 160 valence electrons. The van der Waals surface area contributed by atoms with Crippen molar-refractivity contribution in [3.8, 4) is 11.4 Å². The first-order chi connectivity index (χ1) is 13.8. The number of carbonyl (C=O) groups is 1. The molecule has 0 unspecified atom stereocenters. The van der Waals surface area contributed by atoms with Crippen molar-refractivity contribution in [2.45, 2.75) is 36.9 Å². The van der Waals surface area contributed by atoms with Crippen molar-refractivity contribution in [2.75, 3.05) is 32.6 Å². The molecule has 0 aliphatic carbocycles. The number of methoxy groups -OCH3 is 1. The fraction of sp³-hybridized carbons (Fsp3) is 0.500. The van der Waals surface area contributed by atoms with Gasteiger partial charge in [0.25, 0.3) is 0 Å². The molecule has 0 bridgehead atoms. The normalized spacial score (nSPS) is 13.0. The van der Waals surface area contributed by atoms with E-state index in [4.69, 9.17) is 9.84 Å². The van der Waals surface area contributed by atoms with Gasteiger partial charge in [-0.25, -0.2) is 8.42 Å². The highest BCUT2D eigenvalue weighted by atomic mass is 32.2. The van der Waals surface area contributed by atoms with Crippen LogP contribution in [0.2, 0.25) is 0 Å². The van der Waals surface area contributed by atoms with Crippen LogP contribution >= 0.6 is 11.8 Å². The van der Waals surface area contributed by atoms with Gasteiger partial charge in [-0.3, -0.25) is 9.36 Å². The van der Waals surface area contributed by atoms with Gasteiger partial charge in [-0.2, -0.15) is 4.31 Å². The number of benzene rings is 1. The largest absolute Gasteiger partial charge is 0.481 e. The van der Waals surface area contributed by atoms with Gasteiger partial charge in [-0.05, 0) is 19.1 Å². The van der Waals surface area contributed by atoms with E-state index in [1.54, 1.807) is 49.8 Å². The molecule has 1 N–H and O–H groups in total. The number of carboxylic acids is 1. The maximum atomic E-state index is 12.9. The monoisotopic (exact) mass is 442 g/mol. The lowest BCUT2D eigenvalue weighted by Crippen LogP contribution is -2.30. The topological polar surface area (TPSA) is 115 Å². The Bertz CT molecular complexity index is 941. The van der Waals surface area contributed by atoms with Crippen molar-refractivity contribution >= 4 is 27.8 Å². The second kappa shape index (κ2) is 10.2. The maximum Gasteiger partial charge on any atom is 0.313 e.